The molecule has 0 saturated heterocycles. The number of hydrogen-bond acceptors (Lipinski definition) is 3. The second-order valence-electron chi connectivity index (χ2n) is 9.83. The van der Waals surface area contributed by atoms with Gasteiger partial charge in [-0.15, -0.1) is 11.8 Å². The number of guanidine groups is 4. The fourth-order valence-corrected chi connectivity index (χ4v) is 5.23. The lowest BCUT2D eigenvalue weighted by Gasteiger charge is -2.28. The molecule has 0 aliphatic rings. The van der Waals surface area contributed by atoms with Crippen LogP contribution in [0.5, 0.6) is 0 Å². The Bertz CT molecular complexity index is 1270. The molecule has 0 bridgehead atoms. The van der Waals surface area contributed by atoms with E-state index in [2.05, 4.69) is 58.3 Å². The van der Waals surface area contributed by atoms with Crippen molar-refractivity contribution in [2.24, 2.45) is 49.6 Å². The van der Waals surface area contributed by atoms with Crippen LogP contribution in [0.3, 0.4) is 0 Å². The molecule has 3 aromatic rings. The van der Waals surface area contributed by atoms with Crippen LogP contribution in [-0.4, -0.2) is 54.1 Å². The zero-order valence-electron chi connectivity index (χ0n) is 25.0. The third-order valence-corrected chi connectivity index (χ3v) is 7.46. The summed E-state index contributed by atoms with van der Waals surface area (Å²) in [6.07, 6.45) is 3.90. The summed E-state index contributed by atoms with van der Waals surface area (Å²) in [4.78, 5) is 14.9. The molecule has 0 heterocycles. The first-order valence-corrected chi connectivity index (χ1v) is 15.3. The maximum Gasteiger partial charge on any atom is 0.221 e. The van der Waals surface area contributed by atoms with E-state index in [-0.39, 0.29) is 23.8 Å². The lowest BCUT2D eigenvalue weighted by molar-refractivity contribution is 0.340. The largest absolute Gasteiger partial charge is 0.370 e. The highest BCUT2D eigenvalue weighted by molar-refractivity contribution is 7.99. The van der Waals surface area contributed by atoms with Crippen molar-refractivity contribution in [2.75, 3.05) is 25.4 Å². The van der Waals surface area contributed by atoms with Crippen molar-refractivity contribution in [1.29, 1.82) is 5.41 Å². The van der Waals surface area contributed by atoms with Crippen LogP contribution in [0.4, 0.5) is 0 Å². The Balaban J connectivity index is 0.000000362. The van der Waals surface area contributed by atoms with Crippen molar-refractivity contribution in [3.05, 3.63) is 102 Å². The molecule has 3 rings (SSSR count). The Morgan fingerprint density at radius 1 is 0.767 bits per heavy atom. The van der Waals surface area contributed by atoms with Gasteiger partial charge in [-0.05, 0) is 48.4 Å². The van der Waals surface area contributed by atoms with E-state index in [0.717, 1.165) is 44.5 Å². The SMILES string of the molecule is CCCC(CSc1ccccc1)CN(CCc1ccccc1)C(=N)N=C(N)N.NC(N)=NC(N)=NCCc1ccccc1. The van der Waals surface area contributed by atoms with Crippen LogP contribution in [0, 0.1) is 11.3 Å². The van der Waals surface area contributed by atoms with Gasteiger partial charge in [0.1, 0.15) is 0 Å². The van der Waals surface area contributed by atoms with Gasteiger partial charge in [0, 0.05) is 30.3 Å². The summed E-state index contributed by atoms with van der Waals surface area (Å²) in [5.74, 6) is 1.58. The van der Waals surface area contributed by atoms with Crippen molar-refractivity contribution >= 4 is 35.6 Å². The molecular formula is C32H46N10S. The summed E-state index contributed by atoms with van der Waals surface area (Å²) in [5.41, 5.74) is 29.2. The minimum Gasteiger partial charge on any atom is -0.370 e. The third-order valence-electron chi connectivity index (χ3n) is 6.21. The number of nitrogens with two attached hydrogens (primary N) is 5. The second-order valence-corrected chi connectivity index (χ2v) is 10.9. The molecule has 0 fully saturated rings. The Morgan fingerprint density at radius 3 is 1.84 bits per heavy atom. The summed E-state index contributed by atoms with van der Waals surface area (Å²) in [5, 5.41) is 8.34. The molecule has 3 aromatic carbocycles. The molecule has 1 atom stereocenters. The zero-order valence-corrected chi connectivity index (χ0v) is 25.8. The second kappa shape index (κ2) is 20.4. The molecule has 1 unspecified atom stereocenters. The average Bonchev–Trinajstić information content (AvgIpc) is 2.99. The first kappa shape index (κ1) is 34.7. The molecule has 0 aliphatic heterocycles. The van der Waals surface area contributed by atoms with Gasteiger partial charge in [-0.1, -0.05) is 92.2 Å². The molecule has 0 spiro atoms. The Labute approximate surface area is 260 Å². The van der Waals surface area contributed by atoms with Gasteiger partial charge >= 0.3 is 0 Å². The van der Waals surface area contributed by atoms with Gasteiger partial charge in [-0.25, -0.2) is 0 Å². The Hall–Kier alpha value is -4.51. The highest BCUT2D eigenvalue weighted by Gasteiger charge is 2.17. The van der Waals surface area contributed by atoms with Gasteiger partial charge in [0.25, 0.3) is 0 Å². The number of benzene rings is 3. The summed E-state index contributed by atoms with van der Waals surface area (Å²) in [6.45, 7) is 4.27. The first-order valence-electron chi connectivity index (χ1n) is 14.3. The molecule has 10 nitrogen and oxygen atoms in total. The van der Waals surface area contributed by atoms with Crippen LogP contribution in [0.25, 0.3) is 0 Å². The lowest BCUT2D eigenvalue weighted by Crippen LogP contribution is -2.38. The minimum absolute atomic E-state index is 0.0691. The van der Waals surface area contributed by atoms with E-state index in [1.54, 1.807) is 0 Å². The van der Waals surface area contributed by atoms with Crippen LogP contribution in [0.2, 0.25) is 0 Å². The van der Waals surface area contributed by atoms with Crippen LogP contribution in [0.1, 0.15) is 30.9 Å². The molecule has 0 amide bonds. The predicted octanol–water partition coefficient (Wildman–Crippen LogP) is 3.77. The monoisotopic (exact) mass is 602 g/mol. The van der Waals surface area contributed by atoms with E-state index in [1.807, 2.05) is 71.3 Å². The van der Waals surface area contributed by atoms with E-state index in [9.17, 15) is 0 Å². The number of thioether (sulfide) groups is 1. The van der Waals surface area contributed by atoms with E-state index in [0.29, 0.717) is 12.5 Å². The van der Waals surface area contributed by atoms with Crippen molar-refractivity contribution in [3.8, 4) is 0 Å². The molecule has 0 saturated carbocycles. The van der Waals surface area contributed by atoms with E-state index in [4.69, 9.17) is 34.1 Å². The van der Waals surface area contributed by atoms with E-state index < -0.39 is 0 Å². The van der Waals surface area contributed by atoms with Crippen molar-refractivity contribution in [2.45, 2.75) is 37.5 Å². The quantitative estimate of drug-likeness (QED) is 0.0973. The molecule has 0 aliphatic carbocycles. The van der Waals surface area contributed by atoms with Gasteiger partial charge in [-0.2, -0.15) is 9.98 Å². The molecule has 43 heavy (non-hydrogen) atoms. The molecule has 11 heteroatoms. The smallest absolute Gasteiger partial charge is 0.221 e. The van der Waals surface area contributed by atoms with Crippen LogP contribution < -0.4 is 28.7 Å². The number of hydrogen-bond donors (Lipinski definition) is 6. The number of nitrogens with one attached hydrogen (secondary N) is 1. The average molecular weight is 603 g/mol. The molecule has 230 valence electrons. The van der Waals surface area contributed by atoms with Crippen molar-refractivity contribution in [1.82, 2.24) is 4.90 Å². The summed E-state index contributed by atoms with van der Waals surface area (Å²) < 4.78 is 0. The lowest BCUT2D eigenvalue weighted by atomic mass is 10.0. The molecule has 11 N–H and O–H groups in total. The van der Waals surface area contributed by atoms with Crippen molar-refractivity contribution < 1.29 is 0 Å². The van der Waals surface area contributed by atoms with Crippen LogP contribution in [0.15, 0.2) is 111 Å². The number of aliphatic imine (C=N–C) groups is 3. The normalized spacial score (nSPS) is 11.4. The van der Waals surface area contributed by atoms with Gasteiger partial charge in [-0.3, -0.25) is 10.4 Å². The van der Waals surface area contributed by atoms with Crippen LogP contribution in [-0.2, 0) is 12.8 Å². The minimum atomic E-state index is -0.0732. The fourth-order valence-electron chi connectivity index (χ4n) is 4.18. The Kier molecular flexibility index (Phi) is 16.4. The third kappa shape index (κ3) is 15.9. The van der Waals surface area contributed by atoms with Gasteiger partial charge in [0.2, 0.25) is 11.9 Å². The predicted molar refractivity (Wildman–Crippen MR) is 183 cm³/mol. The standard InChI is InChI=1S/C22H31N5S.C10H15N5/c1-2-9-19(17-28-20-12-7-4-8-13-20)16-27(22(25)26-21(23)24)15-14-18-10-5-3-6-11-18;11-9(12)15-10(13)14-7-6-8-4-2-1-3-5-8/h3-8,10-13,19H,2,9,14-17H2,1H3,(H5,23,24,25,26);1-5H,6-7H2,(H6,11,12,13,14,15). The summed E-state index contributed by atoms with van der Waals surface area (Å²) >= 11 is 1.87. The number of nitrogens with zero attached hydrogens (tertiary/aromatic N) is 4. The van der Waals surface area contributed by atoms with Gasteiger partial charge < -0.3 is 33.6 Å². The van der Waals surface area contributed by atoms with Gasteiger partial charge in [0.05, 0.1) is 0 Å². The molecule has 0 aromatic heterocycles. The maximum atomic E-state index is 8.34. The van der Waals surface area contributed by atoms with Gasteiger partial charge in [0.15, 0.2) is 11.9 Å². The van der Waals surface area contributed by atoms with E-state index in [1.165, 1.54) is 16.0 Å². The molecular weight excluding hydrogens is 556 g/mol. The number of rotatable bonds is 13. The van der Waals surface area contributed by atoms with E-state index >= 15 is 0 Å². The Morgan fingerprint density at radius 2 is 1.30 bits per heavy atom. The summed E-state index contributed by atoms with van der Waals surface area (Å²) in [7, 11) is 0. The molecule has 0 radical (unpaired) electrons. The van der Waals surface area contributed by atoms with Crippen LogP contribution >= 0.6 is 11.8 Å². The first-order chi connectivity index (χ1) is 20.8. The fraction of sp³-hybridized carbons (Fsp3) is 0.312. The topological polar surface area (TPSA) is 194 Å². The highest BCUT2D eigenvalue weighted by Crippen LogP contribution is 2.23. The highest BCUT2D eigenvalue weighted by atomic mass is 32.2. The summed E-state index contributed by atoms with van der Waals surface area (Å²) in [6, 6.07) is 30.8. The maximum absolute atomic E-state index is 8.34. The zero-order chi connectivity index (χ0) is 31.3. The van der Waals surface area contributed by atoms with Crippen molar-refractivity contribution in [3.63, 3.8) is 0 Å².